The Labute approximate surface area is 175 Å². The number of rotatable bonds is 6. The van der Waals surface area contributed by atoms with Crippen LogP contribution >= 0.6 is 0 Å². The van der Waals surface area contributed by atoms with Gasteiger partial charge in [0.05, 0.1) is 6.42 Å². The van der Waals surface area contributed by atoms with Crippen LogP contribution < -0.4 is 10.4 Å². The number of ether oxygens (including phenoxy) is 1. The fourth-order valence-electron chi connectivity index (χ4n) is 3.96. The summed E-state index contributed by atoms with van der Waals surface area (Å²) in [6.45, 7) is 7.51. The van der Waals surface area contributed by atoms with Crippen LogP contribution in [-0.4, -0.2) is 27.0 Å². The van der Waals surface area contributed by atoms with E-state index in [1.54, 1.807) is 0 Å². The topological polar surface area (TPSA) is 35.5 Å². The molecule has 2 aromatic carbocycles. The summed E-state index contributed by atoms with van der Waals surface area (Å²) >= 11 is 0. The van der Waals surface area contributed by atoms with E-state index in [2.05, 4.69) is 93.3 Å². The van der Waals surface area contributed by atoms with Crippen molar-refractivity contribution in [2.24, 2.45) is 0 Å². The first kappa shape index (κ1) is 21.4. The molecule has 1 aliphatic rings. The molecule has 0 radical (unpaired) electrons. The highest BCUT2D eigenvalue weighted by Gasteiger charge is 2.49. The number of carbonyl (C=O) groups is 1. The van der Waals surface area contributed by atoms with Crippen LogP contribution in [0, 0.1) is 11.8 Å². The van der Waals surface area contributed by atoms with E-state index >= 15 is 0 Å². The van der Waals surface area contributed by atoms with Gasteiger partial charge in [-0.25, -0.2) is 0 Å². The van der Waals surface area contributed by atoms with Gasteiger partial charge in [-0.05, 0) is 21.8 Å². The molecule has 4 heteroatoms. The summed E-state index contributed by atoms with van der Waals surface area (Å²) in [6, 6.07) is 21.3. The number of cyclic esters (lactones) is 1. The molecule has 3 rings (SSSR count). The van der Waals surface area contributed by atoms with Crippen LogP contribution in [0.4, 0.5) is 0 Å². The lowest BCUT2D eigenvalue weighted by molar-refractivity contribution is -0.139. The molecular formula is C25H30O3Si. The van der Waals surface area contributed by atoms with Crippen molar-refractivity contribution < 1.29 is 14.0 Å². The van der Waals surface area contributed by atoms with Gasteiger partial charge < -0.3 is 9.16 Å². The first-order chi connectivity index (χ1) is 13.9. The number of unbranched alkanes of at least 4 members (excludes halogenated alkanes) is 1. The number of carbonyl (C=O) groups excluding carboxylic acids is 1. The molecule has 2 aromatic rings. The number of hydrogen-bond acceptors (Lipinski definition) is 3. The molecule has 0 amide bonds. The highest BCUT2D eigenvalue weighted by Crippen LogP contribution is 2.36. The largest absolute Gasteiger partial charge is 0.449 e. The quantitative estimate of drug-likeness (QED) is 0.314. The standard InChI is InChI=1S/C25H30O3Si/c1-25(2,3)29(22-14-8-4-9-15-22,23-16-10-5-11-17-23)27-20-12-6-7-13-21-18-19-24(26)28-21/h4-5,8-11,14-17,21H,6,12,18-20H2,1-3H3/t21-/m0/s1. The molecule has 1 heterocycles. The maximum absolute atomic E-state index is 11.2. The summed E-state index contributed by atoms with van der Waals surface area (Å²) in [5.41, 5.74) is 0. The minimum absolute atomic E-state index is 0.0145. The fourth-order valence-corrected chi connectivity index (χ4v) is 8.57. The number of esters is 1. The van der Waals surface area contributed by atoms with Crippen molar-refractivity contribution in [3.63, 3.8) is 0 Å². The molecule has 0 spiro atoms. The van der Waals surface area contributed by atoms with Gasteiger partial charge in [-0.3, -0.25) is 4.79 Å². The van der Waals surface area contributed by atoms with Crippen LogP contribution in [0.5, 0.6) is 0 Å². The second-order valence-electron chi connectivity index (χ2n) is 8.45. The lowest BCUT2D eigenvalue weighted by atomic mass is 10.2. The Morgan fingerprint density at radius 2 is 1.62 bits per heavy atom. The van der Waals surface area contributed by atoms with E-state index in [1.807, 2.05) is 0 Å². The molecule has 0 saturated carbocycles. The van der Waals surface area contributed by atoms with E-state index in [0.717, 1.165) is 12.8 Å². The monoisotopic (exact) mass is 406 g/mol. The van der Waals surface area contributed by atoms with Crippen molar-refractivity contribution in [3.8, 4) is 11.8 Å². The van der Waals surface area contributed by atoms with Crippen molar-refractivity contribution in [2.45, 2.75) is 57.6 Å². The predicted molar refractivity (Wildman–Crippen MR) is 120 cm³/mol. The van der Waals surface area contributed by atoms with Crippen LogP contribution in [0.3, 0.4) is 0 Å². The van der Waals surface area contributed by atoms with Crippen molar-refractivity contribution in [1.82, 2.24) is 0 Å². The van der Waals surface area contributed by atoms with Gasteiger partial charge in [-0.1, -0.05) is 93.3 Å². The Morgan fingerprint density at radius 3 is 2.10 bits per heavy atom. The zero-order chi connectivity index (χ0) is 20.7. The summed E-state index contributed by atoms with van der Waals surface area (Å²) in [6.07, 6.45) is 2.57. The molecule has 29 heavy (non-hydrogen) atoms. The fraction of sp³-hybridized carbons (Fsp3) is 0.400. The zero-order valence-electron chi connectivity index (χ0n) is 17.6. The normalized spacial score (nSPS) is 16.8. The highest BCUT2D eigenvalue weighted by atomic mass is 28.4. The second kappa shape index (κ2) is 9.43. The van der Waals surface area contributed by atoms with E-state index < -0.39 is 8.32 Å². The van der Waals surface area contributed by atoms with Gasteiger partial charge in [0.15, 0.2) is 6.10 Å². The second-order valence-corrected chi connectivity index (χ2v) is 12.8. The van der Waals surface area contributed by atoms with Crippen molar-refractivity contribution >= 4 is 24.7 Å². The van der Waals surface area contributed by atoms with Crippen molar-refractivity contribution in [1.29, 1.82) is 0 Å². The van der Waals surface area contributed by atoms with Crippen molar-refractivity contribution in [3.05, 3.63) is 60.7 Å². The van der Waals surface area contributed by atoms with E-state index in [-0.39, 0.29) is 17.1 Å². The Morgan fingerprint density at radius 1 is 1.03 bits per heavy atom. The van der Waals surface area contributed by atoms with Gasteiger partial charge in [0.2, 0.25) is 0 Å². The van der Waals surface area contributed by atoms with Gasteiger partial charge >= 0.3 is 5.97 Å². The van der Waals surface area contributed by atoms with Crippen molar-refractivity contribution in [2.75, 3.05) is 6.61 Å². The Balaban J connectivity index is 1.76. The molecule has 3 nitrogen and oxygen atoms in total. The molecule has 0 N–H and O–H groups in total. The molecule has 1 saturated heterocycles. The number of benzene rings is 2. The minimum Gasteiger partial charge on any atom is -0.449 e. The summed E-state index contributed by atoms with van der Waals surface area (Å²) in [4.78, 5) is 11.2. The Kier molecular flexibility index (Phi) is 6.94. The predicted octanol–water partition coefficient (Wildman–Crippen LogP) is 4.05. The maximum Gasteiger partial charge on any atom is 0.307 e. The first-order valence-corrected chi connectivity index (χ1v) is 12.3. The lowest BCUT2D eigenvalue weighted by Gasteiger charge is -2.43. The summed E-state index contributed by atoms with van der Waals surface area (Å²) in [5.74, 6) is 6.09. The third kappa shape index (κ3) is 4.98. The molecule has 1 aliphatic heterocycles. The van der Waals surface area contributed by atoms with Gasteiger partial charge in [-0.15, -0.1) is 0 Å². The molecule has 0 unspecified atom stereocenters. The molecule has 1 fully saturated rings. The molecule has 0 aliphatic carbocycles. The highest BCUT2D eigenvalue weighted by molar-refractivity contribution is 6.99. The van der Waals surface area contributed by atoms with E-state index in [4.69, 9.17) is 9.16 Å². The molecule has 0 bridgehead atoms. The van der Waals surface area contributed by atoms with Crippen LogP contribution in [0.15, 0.2) is 60.7 Å². The smallest absolute Gasteiger partial charge is 0.307 e. The van der Waals surface area contributed by atoms with Gasteiger partial charge in [0.25, 0.3) is 8.32 Å². The van der Waals surface area contributed by atoms with E-state index in [9.17, 15) is 4.79 Å². The Hall–Kier alpha value is -2.35. The van der Waals surface area contributed by atoms with Crippen LogP contribution in [0.2, 0.25) is 5.04 Å². The molecule has 152 valence electrons. The summed E-state index contributed by atoms with van der Waals surface area (Å²) in [5, 5.41) is 2.57. The van der Waals surface area contributed by atoms with Gasteiger partial charge in [-0.2, -0.15) is 0 Å². The molecule has 0 aromatic heterocycles. The summed E-state index contributed by atoms with van der Waals surface area (Å²) < 4.78 is 12.0. The third-order valence-electron chi connectivity index (χ3n) is 5.33. The third-order valence-corrected chi connectivity index (χ3v) is 10.4. The van der Waals surface area contributed by atoms with Gasteiger partial charge in [0.1, 0.15) is 0 Å². The summed E-state index contributed by atoms with van der Waals surface area (Å²) in [7, 11) is -2.46. The number of hydrogen-bond donors (Lipinski definition) is 0. The van der Waals surface area contributed by atoms with E-state index in [0.29, 0.717) is 19.4 Å². The average molecular weight is 407 g/mol. The molecular weight excluding hydrogens is 376 g/mol. The minimum atomic E-state index is -2.46. The van der Waals surface area contributed by atoms with E-state index in [1.165, 1.54) is 10.4 Å². The maximum atomic E-state index is 11.2. The molecule has 1 atom stereocenters. The average Bonchev–Trinajstić information content (AvgIpc) is 3.13. The Bertz CT molecular complexity index is 820. The zero-order valence-corrected chi connectivity index (χ0v) is 18.6. The lowest BCUT2D eigenvalue weighted by Crippen LogP contribution is -2.66. The first-order valence-electron chi connectivity index (χ1n) is 10.4. The van der Waals surface area contributed by atoms with Crippen LogP contribution in [0.1, 0.15) is 46.5 Å². The van der Waals surface area contributed by atoms with Crippen LogP contribution in [-0.2, 0) is 14.0 Å². The van der Waals surface area contributed by atoms with Gasteiger partial charge in [0, 0.05) is 19.4 Å². The van der Waals surface area contributed by atoms with Crippen LogP contribution in [0.25, 0.3) is 0 Å². The SMILES string of the molecule is CC(C)(C)[Si](OCCCC#C[C@H]1CCC(=O)O1)(c1ccccc1)c1ccccc1.